The number of alkyl halides is 3. The number of nitro groups is 1. The zero-order valence-electron chi connectivity index (χ0n) is 15.5. The Labute approximate surface area is 176 Å². The third kappa shape index (κ3) is 3.63. The van der Waals surface area contributed by atoms with E-state index < -0.39 is 27.9 Å². The summed E-state index contributed by atoms with van der Waals surface area (Å²) >= 11 is 0.168. The predicted molar refractivity (Wildman–Crippen MR) is 108 cm³/mol. The number of amidine groups is 2. The predicted octanol–water partition coefficient (Wildman–Crippen LogP) is 3.88. The van der Waals surface area contributed by atoms with Crippen LogP contribution in [0.2, 0.25) is 0 Å². The zero-order valence-corrected chi connectivity index (χ0v) is 16.4. The van der Waals surface area contributed by atoms with Crippen molar-refractivity contribution < 1.29 is 22.9 Å². The highest BCUT2D eigenvalue weighted by atomic mass is 32.2. The van der Waals surface area contributed by atoms with E-state index in [1.54, 1.807) is 35.9 Å². The SMILES string of the molecule is Cc1ccc([N+](=O)[O-])cc1-n1cccc1/C=C1\C(=N)N2N=C(C(F)(F)F)SC2=NC1=O. The molecule has 0 atom stereocenters. The van der Waals surface area contributed by atoms with Crippen LogP contribution < -0.4 is 0 Å². The molecule has 0 saturated carbocycles. The molecule has 2 aliphatic heterocycles. The molecule has 1 N–H and O–H groups in total. The number of benzene rings is 1. The van der Waals surface area contributed by atoms with Crippen LogP contribution in [0.1, 0.15) is 11.3 Å². The molecule has 2 aromatic rings. The van der Waals surface area contributed by atoms with Gasteiger partial charge in [0.25, 0.3) is 11.6 Å². The smallest absolute Gasteiger partial charge is 0.317 e. The van der Waals surface area contributed by atoms with Crippen molar-refractivity contribution in [3.05, 3.63) is 63.5 Å². The van der Waals surface area contributed by atoms with Gasteiger partial charge in [-0.2, -0.15) is 28.3 Å². The number of nitro benzene ring substituents is 1. The van der Waals surface area contributed by atoms with E-state index >= 15 is 0 Å². The Bertz CT molecular complexity index is 1240. The lowest BCUT2D eigenvalue weighted by molar-refractivity contribution is -0.384. The highest BCUT2D eigenvalue weighted by Gasteiger charge is 2.46. The number of fused-ring (bicyclic) bond motifs is 1. The Kier molecular flexibility index (Phi) is 4.76. The summed E-state index contributed by atoms with van der Waals surface area (Å²) in [5.74, 6) is -1.43. The average molecular weight is 448 g/mol. The number of aryl methyl sites for hydroxylation is 1. The minimum Gasteiger partial charge on any atom is -0.317 e. The fourth-order valence-electron chi connectivity index (χ4n) is 2.96. The monoisotopic (exact) mass is 448 g/mol. The molecule has 2 aliphatic rings. The van der Waals surface area contributed by atoms with E-state index in [-0.39, 0.29) is 28.2 Å². The number of rotatable bonds is 3. The first-order valence-electron chi connectivity index (χ1n) is 8.56. The molecule has 0 spiro atoms. The van der Waals surface area contributed by atoms with Crippen LogP contribution in [-0.2, 0) is 4.79 Å². The van der Waals surface area contributed by atoms with Gasteiger partial charge in [-0.15, -0.1) is 0 Å². The van der Waals surface area contributed by atoms with Gasteiger partial charge in [-0.3, -0.25) is 20.3 Å². The van der Waals surface area contributed by atoms with Gasteiger partial charge in [0.1, 0.15) is 0 Å². The molecule has 0 bridgehead atoms. The summed E-state index contributed by atoms with van der Waals surface area (Å²) in [7, 11) is 0. The van der Waals surface area contributed by atoms with Crippen LogP contribution in [0.15, 0.2) is 52.2 Å². The molecule has 1 amide bonds. The third-order valence-electron chi connectivity index (χ3n) is 4.43. The van der Waals surface area contributed by atoms with Gasteiger partial charge in [-0.25, -0.2) is 0 Å². The molecule has 9 nitrogen and oxygen atoms in total. The summed E-state index contributed by atoms with van der Waals surface area (Å²) in [6, 6.07) is 7.51. The number of aliphatic imine (C=N–C) groups is 1. The maximum absolute atomic E-state index is 12.9. The summed E-state index contributed by atoms with van der Waals surface area (Å²) < 4.78 is 40.4. The average Bonchev–Trinajstić information content (AvgIpc) is 3.32. The number of halogens is 3. The molecule has 0 saturated heterocycles. The van der Waals surface area contributed by atoms with Crippen LogP contribution in [0.5, 0.6) is 0 Å². The highest BCUT2D eigenvalue weighted by molar-refractivity contribution is 8.27. The third-order valence-corrected chi connectivity index (χ3v) is 5.39. The summed E-state index contributed by atoms with van der Waals surface area (Å²) in [6.07, 6.45) is -1.84. The topological polar surface area (TPSA) is 117 Å². The molecule has 0 aliphatic carbocycles. The van der Waals surface area contributed by atoms with Crippen molar-refractivity contribution >= 4 is 45.5 Å². The minimum absolute atomic E-state index is 0.133. The standard InChI is InChI=1S/C18H11F3N6O3S/c1-9-4-5-11(27(29)30)8-13(9)25-6-2-3-10(25)7-12-14(22)26-17(23-15(12)28)31-16(24-26)18(19,20)21/h2-8,22H,1H3/b12-7+,22-14?. The van der Waals surface area contributed by atoms with Gasteiger partial charge in [0, 0.05) is 24.0 Å². The van der Waals surface area contributed by atoms with E-state index in [0.717, 1.165) is 0 Å². The highest BCUT2D eigenvalue weighted by Crippen LogP contribution is 2.35. The molecule has 4 rings (SSSR count). The van der Waals surface area contributed by atoms with Crippen molar-refractivity contribution in [2.24, 2.45) is 10.1 Å². The van der Waals surface area contributed by atoms with Crippen LogP contribution in [0, 0.1) is 22.4 Å². The van der Waals surface area contributed by atoms with Crippen LogP contribution in [-0.4, -0.2) is 42.6 Å². The summed E-state index contributed by atoms with van der Waals surface area (Å²) in [6.45, 7) is 1.75. The molecule has 3 heterocycles. The number of hydrogen-bond acceptors (Lipinski definition) is 6. The fraction of sp³-hybridized carbons (Fsp3) is 0.111. The van der Waals surface area contributed by atoms with Crippen molar-refractivity contribution in [1.29, 1.82) is 5.41 Å². The molecule has 1 aromatic heterocycles. The van der Waals surface area contributed by atoms with Gasteiger partial charge in [-0.1, -0.05) is 6.07 Å². The first-order valence-corrected chi connectivity index (χ1v) is 9.38. The van der Waals surface area contributed by atoms with Crippen LogP contribution in [0.4, 0.5) is 18.9 Å². The van der Waals surface area contributed by atoms with Gasteiger partial charge in [-0.05, 0) is 42.5 Å². The Hall–Kier alpha value is -3.74. The number of aromatic nitrogens is 1. The summed E-state index contributed by atoms with van der Waals surface area (Å²) in [5, 5.41) is 21.8. The second-order valence-electron chi connectivity index (χ2n) is 6.45. The maximum atomic E-state index is 12.9. The van der Waals surface area contributed by atoms with Crippen LogP contribution in [0.3, 0.4) is 0 Å². The Morgan fingerprint density at radius 1 is 1.29 bits per heavy atom. The lowest BCUT2D eigenvalue weighted by Gasteiger charge is -2.20. The van der Waals surface area contributed by atoms with Gasteiger partial charge in [0.2, 0.25) is 10.2 Å². The van der Waals surface area contributed by atoms with E-state index in [0.29, 0.717) is 22.0 Å². The molecule has 1 aromatic carbocycles. The Morgan fingerprint density at radius 2 is 2.03 bits per heavy atom. The lowest BCUT2D eigenvalue weighted by atomic mass is 10.1. The minimum atomic E-state index is -4.73. The van der Waals surface area contributed by atoms with Gasteiger partial charge in [0.15, 0.2) is 5.84 Å². The zero-order chi connectivity index (χ0) is 22.5. The number of hydrazone groups is 1. The van der Waals surface area contributed by atoms with Crippen LogP contribution >= 0.6 is 11.8 Å². The van der Waals surface area contributed by atoms with Crippen molar-refractivity contribution in [3.63, 3.8) is 0 Å². The van der Waals surface area contributed by atoms with E-state index in [4.69, 9.17) is 5.41 Å². The van der Waals surface area contributed by atoms with Crippen molar-refractivity contribution in [1.82, 2.24) is 9.58 Å². The van der Waals surface area contributed by atoms with E-state index in [9.17, 15) is 28.1 Å². The molecular formula is C18H11F3N6O3S. The molecule has 0 radical (unpaired) electrons. The summed E-state index contributed by atoms with van der Waals surface area (Å²) in [4.78, 5) is 26.6. The van der Waals surface area contributed by atoms with Crippen molar-refractivity contribution in [2.45, 2.75) is 13.1 Å². The number of amides is 1. The lowest BCUT2D eigenvalue weighted by Crippen LogP contribution is -2.35. The van der Waals surface area contributed by atoms with Gasteiger partial charge >= 0.3 is 6.18 Å². The largest absolute Gasteiger partial charge is 0.441 e. The number of thioether (sulfide) groups is 1. The van der Waals surface area contributed by atoms with E-state index in [1.807, 2.05) is 0 Å². The molecule has 13 heteroatoms. The summed E-state index contributed by atoms with van der Waals surface area (Å²) in [5.41, 5.74) is 1.16. The Balaban J connectivity index is 1.76. The van der Waals surface area contributed by atoms with Gasteiger partial charge in [0.05, 0.1) is 16.2 Å². The van der Waals surface area contributed by atoms with E-state index in [1.165, 1.54) is 18.2 Å². The quantitative estimate of drug-likeness (QED) is 0.435. The van der Waals surface area contributed by atoms with Gasteiger partial charge < -0.3 is 4.57 Å². The molecule has 0 unspecified atom stereocenters. The molecular weight excluding hydrogens is 437 g/mol. The number of carbonyl (C=O) groups is 1. The second-order valence-corrected chi connectivity index (χ2v) is 7.41. The Morgan fingerprint density at radius 3 is 2.71 bits per heavy atom. The first kappa shape index (κ1) is 20.5. The number of nitrogens with zero attached hydrogens (tertiary/aromatic N) is 5. The molecule has 0 fully saturated rings. The number of carbonyl (C=O) groups excluding carboxylic acids is 1. The maximum Gasteiger partial charge on any atom is 0.441 e. The van der Waals surface area contributed by atoms with Crippen molar-refractivity contribution in [2.75, 3.05) is 0 Å². The van der Waals surface area contributed by atoms with Crippen LogP contribution in [0.25, 0.3) is 11.8 Å². The van der Waals surface area contributed by atoms with Crippen molar-refractivity contribution in [3.8, 4) is 5.69 Å². The number of hydrogen-bond donors (Lipinski definition) is 1. The molecule has 158 valence electrons. The number of nitrogens with one attached hydrogen (secondary N) is 1. The second kappa shape index (κ2) is 7.19. The number of non-ortho nitro benzene ring substituents is 1. The normalized spacial score (nSPS) is 17.7. The fourth-order valence-corrected chi connectivity index (χ4v) is 3.71. The first-order chi connectivity index (χ1) is 14.6. The molecule has 31 heavy (non-hydrogen) atoms. The van der Waals surface area contributed by atoms with E-state index in [2.05, 4.69) is 10.1 Å².